The first-order valence-electron chi connectivity index (χ1n) is 7.31. The largest absolute Gasteiger partial charge is 0.467 e. The van der Waals surface area contributed by atoms with Crippen LogP contribution in [-0.2, 0) is 0 Å². The number of nitrogens with zero attached hydrogens (tertiary/aromatic N) is 1. The van der Waals surface area contributed by atoms with Crippen molar-refractivity contribution in [2.24, 2.45) is 0 Å². The van der Waals surface area contributed by atoms with E-state index in [0.717, 1.165) is 32.4 Å². The SMILES string of the molecule is C[C@@]12C[C@@H](NC(=S)N1c1cccc(Br)c1)c1cc(Br)ccc1O2. The highest BCUT2D eigenvalue weighted by Gasteiger charge is 2.48. The van der Waals surface area contributed by atoms with Gasteiger partial charge in [0.05, 0.1) is 6.04 Å². The Kier molecular flexibility index (Phi) is 3.66. The summed E-state index contributed by atoms with van der Waals surface area (Å²) in [6.07, 6.45) is 0.823. The highest BCUT2D eigenvalue weighted by Crippen LogP contribution is 2.46. The summed E-state index contributed by atoms with van der Waals surface area (Å²) in [5.41, 5.74) is 1.65. The Morgan fingerprint density at radius 3 is 2.78 bits per heavy atom. The molecule has 2 bridgehead atoms. The molecule has 2 atom stereocenters. The fourth-order valence-electron chi connectivity index (χ4n) is 3.35. The third-order valence-corrected chi connectivity index (χ3v) is 5.59. The van der Waals surface area contributed by atoms with Gasteiger partial charge in [0.2, 0.25) is 0 Å². The Morgan fingerprint density at radius 1 is 1.22 bits per heavy atom. The highest BCUT2D eigenvalue weighted by molar-refractivity contribution is 9.10. The van der Waals surface area contributed by atoms with Crippen LogP contribution >= 0.6 is 44.1 Å². The molecule has 2 aromatic carbocycles. The zero-order chi connectivity index (χ0) is 16.2. The maximum absolute atomic E-state index is 6.38. The molecule has 118 valence electrons. The molecule has 0 saturated carbocycles. The van der Waals surface area contributed by atoms with Crippen LogP contribution in [0.15, 0.2) is 51.4 Å². The molecular formula is C17H14Br2N2OS. The first-order chi connectivity index (χ1) is 11.0. The van der Waals surface area contributed by atoms with Gasteiger partial charge >= 0.3 is 0 Å². The van der Waals surface area contributed by atoms with Crippen molar-refractivity contribution in [3.8, 4) is 5.75 Å². The first kappa shape index (κ1) is 15.4. The molecule has 0 radical (unpaired) electrons. The number of anilines is 1. The third kappa shape index (κ3) is 2.57. The van der Waals surface area contributed by atoms with Crippen LogP contribution in [0.2, 0.25) is 0 Å². The third-order valence-electron chi connectivity index (χ3n) is 4.30. The fraction of sp³-hybridized carbons (Fsp3) is 0.235. The van der Waals surface area contributed by atoms with E-state index in [0.29, 0.717) is 5.11 Å². The predicted octanol–water partition coefficient (Wildman–Crippen LogP) is 5.15. The second-order valence-electron chi connectivity index (χ2n) is 5.98. The molecule has 3 nitrogen and oxygen atoms in total. The minimum Gasteiger partial charge on any atom is -0.467 e. The average Bonchev–Trinajstić information content (AvgIpc) is 2.47. The minimum atomic E-state index is -0.505. The normalized spacial score (nSPS) is 25.4. The van der Waals surface area contributed by atoms with Crippen LogP contribution in [0.3, 0.4) is 0 Å². The van der Waals surface area contributed by atoms with E-state index < -0.39 is 5.72 Å². The lowest BCUT2D eigenvalue weighted by molar-refractivity contribution is 0.0497. The van der Waals surface area contributed by atoms with Crippen LogP contribution in [0.1, 0.15) is 24.9 Å². The molecule has 0 amide bonds. The fourth-order valence-corrected chi connectivity index (χ4v) is 4.56. The van der Waals surface area contributed by atoms with Gasteiger partial charge in [0, 0.05) is 26.6 Å². The van der Waals surface area contributed by atoms with Crippen LogP contribution < -0.4 is 15.0 Å². The van der Waals surface area contributed by atoms with Gasteiger partial charge in [-0.1, -0.05) is 37.9 Å². The van der Waals surface area contributed by atoms with Crippen molar-refractivity contribution in [1.82, 2.24) is 5.32 Å². The molecule has 2 aliphatic rings. The lowest BCUT2D eigenvalue weighted by Gasteiger charge is -2.52. The molecule has 0 aliphatic carbocycles. The van der Waals surface area contributed by atoms with Crippen molar-refractivity contribution in [2.45, 2.75) is 25.1 Å². The molecular weight excluding hydrogens is 440 g/mol. The number of ether oxygens (including phenoxy) is 1. The monoisotopic (exact) mass is 452 g/mol. The molecule has 6 heteroatoms. The maximum atomic E-state index is 6.38. The van der Waals surface area contributed by atoms with Crippen molar-refractivity contribution in [2.75, 3.05) is 4.90 Å². The predicted molar refractivity (Wildman–Crippen MR) is 103 cm³/mol. The Morgan fingerprint density at radius 2 is 2.00 bits per heavy atom. The Hall–Kier alpha value is -1.11. The second-order valence-corrected chi connectivity index (χ2v) is 8.20. The number of hydrogen-bond acceptors (Lipinski definition) is 2. The quantitative estimate of drug-likeness (QED) is 0.603. The Balaban J connectivity index is 1.81. The van der Waals surface area contributed by atoms with Crippen LogP contribution in [0.4, 0.5) is 5.69 Å². The van der Waals surface area contributed by atoms with E-state index >= 15 is 0 Å². The summed E-state index contributed by atoms with van der Waals surface area (Å²) >= 11 is 12.7. The van der Waals surface area contributed by atoms with Gasteiger partial charge in [0.25, 0.3) is 0 Å². The zero-order valence-electron chi connectivity index (χ0n) is 12.3. The van der Waals surface area contributed by atoms with E-state index in [2.05, 4.69) is 61.1 Å². The molecule has 1 fully saturated rings. The van der Waals surface area contributed by atoms with E-state index in [9.17, 15) is 0 Å². The van der Waals surface area contributed by atoms with Gasteiger partial charge in [0.1, 0.15) is 5.75 Å². The number of hydrogen-bond donors (Lipinski definition) is 1. The molecule has 0 spiro atoms. The Labute approximate surface area is 157 Å². The summed E-state index contributed by atoms with van der Waals surface area (Å²) in [6, 6.07) is 14.4. The number of nitrogens with one attached hydrogen (secondary N) is 1. The number of benzene rings is 2. The molecule has 23 heavy (non-hydrogen) atoms. The van der Waals surface area contributed by atoms with E-state index in [1.165, 1.54) is 0 Å². The molecule has 0 aromatic heterocycles. The molecule has 0 unspecified atom stereocenters. The van der Waals surface area contributed by atoms with Crippen LogP contribution in [-0.4, -0.2) is 10.8 Å². The number of halogens is 2. The summed E-state index contributed by atoms with van der Waals surface area (Å²) in [4.78, 5) is 2.06. The van der Waals surface area contributed by atoms with E-state index in [4.69, 9.17) is 17.0 Å². The van der Waals surface area contributed by atoms with Crippen molar-refractivity contribution >= 4 is 54.9 Å². The second kappa shape index (κ2) is 5.46. The van der Waals surface area contributed by atoms with Gasteiger partial charge in [-0.05, 0) is 55.5 Å². The summed E-state index contributed by atoms with van der Waals surface area (Å²) < 4.78 is 8.45. The summed E-state index contributed by atoms with van der Waals surface area (Å²) in [7, 11) is 0. The number of rotatable bonds is 1. The van der Waals surface area contributed by atoms with Crippen LogP contribution in [0.25, 0.3) is 0 Å². The molecule has 2 aliphatic heterocycles. The molecule has 2 aromatic rings. The topological polar surface area (TPSA) is 24.5 Å². The lowest BCUT2D eigenvalue weighted by atomic mass is 9.90. The summed E-state index contributed by atoms with van der Waals surface area (Å²) in [6.45, 7) is 2.10. The van der Waals surface area contributed by atoms with E-state index in [1.54, 1.807) is 0 Å². The molecule has 1 N–H and O–H groups in total. The van der Waals surface area contributed by atoms with Gasteiger partial charge < -0.3 is 10.1 Å². The van der Waals surface area contributed by atoms with Gasteiger partial charge in [-0.25, -0.2) is 0 Å². The zero-order valence-corrected chi connectivity index (χ0v) is 16.3. The molecule has 1 saturated heterocycles. The van der Waals surface area contributed by atoms with Crippen molar-refractivity contribution in [3.05, 3.63) is 57.0 Å². The lowest BCUT2D eigenvalue weighted by Crippen LogP contribution is -2.65. The Bertz CT molecular complexity index is 813. The van der Waals surface area contributed by atoms with Crippen LogP contribution in [0.5, 0.6) is 5.75 Å². The first-order valence-corrected chi connectivity index (χ1v) is 9.30. The van der Waals surface area contributed by atoms with Crippen molar-refractivity contribution < 1.29 is 4.74 Å². The van der Waals surface area contributed by atoms with Gasteiger partial charge in [-0.3, -0.25) is 4.90 Å². The van der Waals surface area contributed by atoms with E-state index in [1.807, 2.05) is 30.3 Å². The molecule has 2 heterocycles. The van der Waals surface area contributed by atoms with Crippen LogP contribution in [0, 0.1) is 0 Å². The van der Waals surface area contributed by atoms with Gasteiger partial charge in [-0.2, -0.15) is 0 Å². The standard InChI is InChI=1S/C17H14Br2N2OS/c1-17-9-14(13-8-11(19)5-6-15(13)22-17)20-16(23)21(17)12-4-2-3-10(18)7-12/h2-8,14H,9H2,1H3,(H,20,23)/t14-,17-/m1/s1. The minimum absolute atomic E-state index is 0.164. The van der Waals surface area contributed by atoms with Crippen molar-refractivity contribution in [3.63, 3.8) is 0 Å². The summed E-state index contributed by atoms with van der Waals surface area (Å²) in [5.74, 6) is 0.905. The van der Waals surface area contributed by atoms with Crippen molar-refractivity contribution in [1.29, 1.82) is 0 Å². The maximum Gasteiger partial charge on any atom is 0.188 e. The molecule has 4 rings (SSSR count). The number of fused-ring (bicyclic) bond motifs is 4. The van der Waals surface area contributed by atoms with E-state index in [-0.39, 0.29) is 6.04 Å². The number of thiocarbonyl (C=S) groups is 1. The highest BCUT2D eigenvalue weighted by atomic mass is 79.9. The average molecular weight is 454 g/mol. The van der Waals surface area contributed by atoms with Gasteiger partial charge in [0.15, 0.2) is 10.8 Å². The van der Waals surface area contributed by atoms with Gasteiger partial charge in [-0.15, -0.1) is 0 Å². The summed E-state index contributed by atoms with van der Waals surface area (Å²) in [5, 5.41) is 4.15. The smallest absolute Gasteiger partial charge is 0.188 e.